The summed E-state index contributed by atoms with van der Waals surface area (Å²) in [5, 5.41) is 15.7. The Bertz CT molecular complexity index is 1650. The van der Waals surface area contributed by atoms with E-state index in [2.05, 4.69) is 79.2 Å². The summed E-state index contributed by atoms with van der Waals surface area (Å²) in [7, 11) is 3.66. The zero-order chi connectivity index (χ0) is 31.4. The lowest BCUT2D eigenvalue weighted by molar-refractivity contribution is 0.0956. The molecule has 0 unspecified atom stereocenters. The Morgan fingerprint density at radius 1 is 0.909 bits per heavy atom. The number of anilines is 4. The number of pyridine rings is 1. The fraction of sp³-hybridized carbons (Fsp3) is 0.355. The van der Waals surface area contributed by atoms with E-state index in [4.69, 9.17) is 0 Å². The minimum atomic E-state index is -0.332. The molecule has 0 bridgehead atoms. The number of aryl methyl sites for hydroxylation is 1. The third kappa shape index (κ3) is 7.18. The molecule has 1 fully saturated rings. The standard InChI is InChI=1S/C31H39N11O2/c1-20-7-8-22(36-29(43)21-9-10-33-25(15-21)31(2,3)4)16-23(20)37-28-17-24(30(44)32-5)38-42(28)27-18-26(34-19-35-27)39-41-13-11-40(6)12-14-41/h7-10,15-19,37H,11-14H2,1-6H3,(H,32,44)(H,36,43)(H,34,35,39). The predicted octanol–water partition coefficient (Wildman–Crippen LogP) is 3.59. The number of rotatable bonds is 8. The molecule has 1 aliphatic heterocycles. The van der Waals surface area contributed by atoms with E-state index in [1.165, 1.54) is 6.33 Å². The quantitative estimate of drug-likeness (QED) is 0.238. The lowest BCUT2D eigenvalue weighted by Crippen LogP contribution is -2.47. The number of benzene rings is 1. The van der Waals surface area contributed by atoms with Gasteiger partial charge < -0.3 is 26.3 Å². The number of hydrogen-bond acceptors (Lipinski definition) is 10. The minimum absolute atomic E-state index is 0.182. The molecule has 4 N–H and O–H groups in total. The van der Waals surface area contributed by atoms with Gasteiger partial charge in [0.25, 0.3) is 11.8 Å². The molecule has 1 aromatic carbocycles. The van der Waals surface area contributed by atoms with Gasteiger partial charge in [-0.15, -0.1) is 0 Å². The Hall–Kier alpha value is -4.88. The molecule has 230 valence electrons. The number of amides is 2. The second-order valence-electron chi connectivity index (χ2n) is 11.9. The summed E-state index contributed by atoms with van der Waals surface area (Å²) < 4.78 is 1.57. The first-order valence-corrected chi connectivity index (χ1v) is 14.5. The van der Waals surface area contributed by atoms with Gasteiger partial charge in [-0.3, -0.25) is 14.6 Å². The van der Waals surface area contributed by atoms with E-state index in [-0.39, 0.29) is 22.9 Å². The van der Waals surface area contributed by atoms with Crippen LogP contribution in [0.25, 0.3) is 5.82 Å². The van der Waals surface area contributed by atoms with Crippen LogP contribution in [0.2, 0.25) is 0 Å². The molecule has 13 nitrogen and oxygen atoms in total. The van der Waals surface area contributed by atoms with Crippen molar-refractivity contribution in [2.45, 2.75) is 33.1 Å². The van der Waals surface area contributed by atoms with Crippen molar-refractivity contribution < 1.29 is 9.59 Å². The van der Waals surface area contributed by atoms with Gasteiger partial charge in [-0.2, -0.15) is 9.78 Å². The minimum Gasteiger partial charge on any atom is -0.354 e. The Balaban J connectivity index is 1.40. The number of carbonyl (C=O) groups excluding carboxylic acids is 2. The Labute approximate surface area is 257 Å². The molecule has 2 amide bonds. The molecular formula is C31H39N11O2. The van der Waals surface area contributed by atoms with Crippen LogP contribution in [0, 0.1) is 6.92 Å². The third-order valence-electron chi connectivity index (χ3n) is 7.36. The number of nitrogens with zero attached hydrogens (tertiary/aromatic N) is 7. The number of aromatic nitrogens is 5. The fourth-order valence-corrected chi connectivity index (χ4v) is 4.65. The average Bonchev–Trinajstić information content (AvgIpc) is 3.43. The summed E-state index contributed by atoms with van der Waals surface area (Å²) in [6.45, 7) is 11.7. The van der Waals surface area contributed by atoms with E-state index in [1.54, 1.807) is 36.1 Å². The molecule has 0 saturated carbocycles. The highest BCUT2D eigenvalue weighted by Gasteiger charge is 2.20. The van der Waals surface area contributed by atoms with Crippen LogP contribution >= 0.6 is 0 Å². The van der Waals surface area contributed by atoms with Gasteiger partial charge in [0, 0.05) is 79.6 Å². The normalized spacial score (nSPS) is 14.2. The molecule has 3 aromatic heterocycles. The van der Waals surface area contributed by atoms with Crippen LogP contribution in [-0.4, -0.2) is 86.7 Å². The average molecular weight is 598 g/mol. The number of piperazine rings is 1. The molecule has 0 aliphatic carbocycles. The highest BCUT2D eigenvalue weighted by molar-refractivity contribution is 6.04. The summed E-state index contributed by atoms with van der Waals surface area (Å²) in [6, 6.07) is 12.6. The van der Waals surface area contributed by atoms with Crippen molar-refractivity contribution in [1.29, 1.82) is 0 Å². The summed E-state index contributed by atoms with van der Waals surface area (Å²) >= 11 is 0. The van der Waals surface area contributed by atoms with E-state index in [0.29, 0.717) is 28.7 Å². The molecule has 4 aromatic rings. The van der Waals surface area contributed by atoms with E-state index < -0.39 is 0 Å². The lowest BCUT2D eigenvalue weighted by atomic mass is 9.91. The van der Waals surface area contributed by atoms with Crippen molar-refractivity contribution in [3.05, 3.63) is 77.5 Å². The largest absolute Gasteiger partial charge is 0.354 e. The van der Waals surface area contributed by atoms with Crippen LogP contribution in [0.1, 0.15) is 52.9 Å². The maximum atomic E-state index is 13.1. The fourth-order valence-electron chi connectivity index (χ4n) is 4.65. The Morgan fingerprint density at radius 3 is 2.41 bits per heavy atom. The number of likely N-dealkylation sites (N-methyl/N-ethyl adjacent to an activating group) is 1. The molecular weight excluding hydrogens is 558 g/mol. The summed E-state index contributed by atoms with van der Waals surface area (Å²) in [6.07, 6.45) is 3.12. The molecule has 44 heavy (non-hydrogen) atoms. The van der Waals surface area contributed by atoms with Gasteiger partial charge in [0.2, 0.25) is 0 Å². The summed E-state index contributed by atoms with van der Waals surface area (Å²) in [4.78, 5) is 41.2. The second kappa shape index (κ2) is 12.8. The SMILES string of the molecule is CNC(=O)c1cc(Nc2cc(NC(=O)c3ccnc(C(C)(C)C)c3)ccc2C)n(-c2cc(NN3CCN(C)CC3)ncn2)n1. The maximum absolute atomic E-state index is 13.1. The zero-order valence-corrected chi connectivity index (χ0v) is 26.0. The number of hydrazine groups is 1. The maximum Gasteiger partial charge on any atom is 0.271 e. The van der Waals surface area contributed by atoms with E-state index in [0.717, 1.165) is 43.1 Å². The van der Waals surface area contributed by atoms with E-state index >= 15 is 0 Å². The van der Waals surface area contributed by atoms with Crippen molar-refractivity contribution in [1.82, 2.24) is 40.0 Å². The Kier molecular flexibility index (Phi) is 8.88. The molecule has 0 radical (unpaired) electrons. The highest BCUT2D eigenvalue weighted by atomic mass is 16.2. The molecule has 0 spiro atoms. The van der Waals surface area contributed by atoms with Gasteiger partial charge >= 0.3 is 0 Å². The second-order valence-corrected chi connectivity index (χ2v) is 11.9. The smallest absolute Gasteiger partial charge is 0.271 e. The first kappa shape index (κ1) is 30.6. The van der Waals surface area contributed by atoms with Crippen molar-refractivity contribution in [2.75, 3.05) is 56.3 Å². The third-order valence-corrected chi connectivity index (χ3v) is 7.36. The number of hydrogen-bond donors (Lipinski definition) is 4. The molecule has 1 saturated heterocycles. The van der Waals surface area contributed by atoms with Crippen molar-refractivity contribution in [3.63, 3.8) is 0 Å². The van der Waals surface area contributed by atoms with E-state index in [1.807, 2.05) is 31.2 Å². The summed E-state index contributed by atoms with van der Waals surface area (Å²) in [5.74, 6) is 1.04. The van der Waals surface area contributed by atoms with Crippen LogP contribution in [-0.2, 0) is 5.41 Å². The first-order chi connectivity index (χ1) is 21.0. The van der Waals surface area contributed by atoms with Crippen molar-refractivity contribution >= 4 is 34.8 Å². The first-order valence-electron chi connectivity index (χ1n) is 14.5. The number of nitrogens with one attached hydrogen (secondary N) is 4. The van der Waals surface area contributed by atoms with Gasteiger partial charge in [0.1, 0.15) is 18.0 Å². The molecule has 13 heteroatoms. The summed E-state index contributed by atoms with van der Waals surface area (Å²) in [5.41, 5.74) is 7.01. The van der Waals surface area contributed by atoms with Crippen LogP contribution in [0.5, 0.6) is 0 Å². The van der Waals surface area contributed by atoms with Gasteiger partial charge in [0.05, 0.1) is 0 Å². The highest BCUT2D eigenvalue weighted by Crippen LogP contribution is 2.27. The van der Waals surface area contributed by atoms with Gasteiger partial charge in [-0.05, 0) is 43.8 Å². The van der Waals surface area contributed by atoms with Crippen molar-refractivity contribution in [2.24, 2.45) is 0 Å². The number of carbonyl (C=O) groups is 2. The van der Waals surface area contributed by atoms with E-state index in [9.17, 15) is 9.59 Å². The van der Waals surface area contributed by atoms with Crippen LogP contribution < -0.4 is 21.4 Å². The molecule has 1 aliphatic rings. The molecule has 4 heterocycles. The van der Waals surface area contributed by atoms with Crippen LogP contribution in [0.15, 0.2) is 55.0 Å². The predicted molar refractivity (Wildman–Crippen MR) is 171 cm³/mol. The van der Waals surface area contributed by atoms with Gasteiger partial charge in [-0.25, -0.2) is 15.0 Å². The van der Waals surface area contributed by atoms with Gasteiger partial charge in [-0.1, -0.05) is 26.8 Å². The zero-order valence-electron chi connectivity index (χ0n) is 26.0. The Morgan fingerprint density at radius 2 is 1.68 bits per heavy atom. The topological polar surface area (TPSA) is 145 Å². The van der Waals surface area contributed by atoms with Gasteiger partial charge in [0.15, 0.2) is 11.5 Å². The van der Waals surface area contributed by atoms with Crippen LogP contribution in [0.4, 0.5) is 23.0 Å². The lowest BCUT2D eigenvalue weighted by Gasteiger charge is -2.32. The molecule has 5 rings (SSSR count). The molecule has 0 atom stereocenters. The van der Waals surface area contributed by atoms with Crippen LogP contribution in [0.3, 0.4) is 0 Å². The monoisotopic (exact) mass is 597 g/mol. The van der Waals surface area contributed by atoms with Crippen molar-refractivity contribution in [3.8, 4) is 5.82 Å².